The lowest BCUT2D eigenvalue weighted by Crippen LogP contribution is -2.37. The van der Waals surface area contributed by atoms with Crippen molar-refractivity contribution in [2.24, 2.45) is 16.6 Å². The summed E-state index contributed by atoms with van der Waals surface area (Å²) in [7, 11) is 0. The number of nitrogens with two attached hydrogens (primary N) is 1. The third-order valence-electron chi connectivity index (χ3n) is 3.14. The Morgan fingerprint density at radius 1 is 1.35 bits per heavy atom. The molecule has 0 aliphatic heterocycles. The molecule has 0 amide bonds. The molecular formula is C13H18ClN3. The molecule has 1 saturated carbocycles. The van der Waals surface area contributed by atoms with Crippen molar-refractivity contribution in [1.29, 1.82) is 0 Å². The summed E-state index contributed by atoms with van der Waals surface area (Å²) in [6.45, 7) is 1.55. The number of nitrogens with one attached hydrogen (secondary N) is 1. The average Bonchev–Trinajstić information content (AvgIpc) is 2.26. The fraction of sp³-hybridized carbons (Fsp3) is 0.462. The van der Waals surface area contributed by atoms with E-state index < -0.39 is 0 Å². The van der Waals surface area contributed by atoms with Crippen molar-refractivity contribution in [3.05, 3.63) is 34.9 Å². The molecule has 3 N–H and O–H groups in total. The molecule has 4 heteroatoms. The molecule has 1 aromatic carbocycles. The van der Waals surface area contributed by atoms with Gasteiger partial charge in [0, 0.05) is 11.6 Å². The van der Waals surface area contributed by atoms with Gasteiger partial charge in [-0.05, 0) is 36.5 Å². The lowest BCUT2D eigenvalue weighted by Gasteiger charge is -2.25. The SMILES string of the molecule is NC(=NCc1ccc(Cl)cc1)NCC1CCC1. The molecule has 1 aromatic rings. The van der Waals surface area contributed by atoms with Crippen LogP contribution in [-0.2, 0) is 6.54 Å². The van der Waals surface area contributed by atoms with Crippen LogP contribution in [0.2, 0.25) is 5.02 Å². The molecule has 0 unspecified atom stereocenters. The Morgan fingerprint density at radius 3 is 2.65 bits per heavy atom. The molecule has 1 aliphatic carbocycles. The van der Waals surface area contributed by atoms with E-state index in [9.17, 15) is 0 Å². The molecule has 2 rings (SSSR count). The Bertz CT molecular complexity index is 382. The predicted octanol–water partition coefficient (Wildman–Crippen LogP) is 2.54. The number of guanidine groups is 1. The minimum absolute atomic E-state index is 0.534. The summed E-state index contributed by atoms with van der Waals surface area (Å²) >= 11 is 5.81. The lowest BCUT2D eigenvalue weighted by molar-refractivity contribution is 0.315. The van der Waals surface area contributed by atoms with Crippen LogP contribution in [0.15, 0.2) is 29.3 Å². The molecule has 0 aromatic heterocycles. The zero-order chi connectivity index (χ0) is 12.1. The number of hydrogen-bond acceptors (Lipinski definition) is 1. The van der Waals surface area contributed by atoms with Crippen LogP contribution in [0.25, 0.3) is 0 Å². The average molecular weight is 252 g/mol. The first-order valence-electron chi connectivity index (χ1n) is 6.02. The van der Waals surface area contributed by atoms with Gasteiger partial charge in [-0.15, -0.1) is 0 Å². The molecule has 92 valence electrons. The van der Waals surface area contributed by atoms with Gasteiger partial charge < -0.3 is 11.1 Å². The van der Waals surface area contributed by atoms with Crippen LogP contribution in [-0.4, -0.2) is 12.5 Å². The summed E-state index contributed by atoms with van der Waals surface area (Å²) in [4.78, 5) is 4.29. The molecule has 0 heterocycles. The lowest BCUT2D eigenvalue weighted by atomic mass is 9.85. The normalized spacial score (nSPS) is 16.6. The number of aliphatic imine (C=N–C) groups is 1. The largest absolute Gasteiger partial charge is 0.370 e. The van der Waals surface area contributed by atoms with Gasteiger partial charge in [0.2, 0.25) is 0 Å². The number of hydrogen-bond donors (Lipinski definition) is 2. The molecule has 1 aliphatic rings. The zero-order valence-electron chi connectivity index (χ0n) is 9.82. The van der Waals surface area contributed by atoms with Crippen LogP contribution in [0.5, 0.6) is 0 Å². The predicted molar refractivity (Wildman–Crippen MR) is 72.1 cm³/mol. The van der Waals surface area contributed by atoms with E-state index in [1.54, 1.807) is 0 Å². The summed E-state index contributed by atoms with van der Waals surface area (Å²) in [5.41, 5.74) is 6.91. The van der Waals surface area contributed by atoms with Crippen LogP contribution >= 0.6 is 11.6 Å². The van der Waals surface area contributed by atoms with Crippen LogP contribution in [0.4, 0.5) is 0 Å². The topological polar surface area (TPSA) is 50.4 Å². The van der Waals surface area contributed by atoms with Gasteiger partial charge in [0.1, 0.15) is 0 Å². The van der Waals surface area contributed by atoms with E-state index in [4.69, 9.17) is 17.3 Å². The number of rotatable bonds is 4. The third kappa shape index (κ3) is 3.93. The van der Waals surface area contributed by atoms with E-state index in [0.717, 1.165) is 23.0 Å². The van der Waals surface area contributed by atoms with Crippen molar-refractivity contribution >= 4 is 17.6 Å². The fourth-order valence-corrected chi connectivity index (χ4v) is 1.89. The van der Waals surface area contributed by atoms with E-state index in [1.807, 2.05) is 24.3 Å². The molecule has 0 bridgehead atoms. The maximum atomic E-state index is 5.81. The highest BCUT2D eigenvalue weighted by molar-refractivity contribution is 6.30. The Balaban J connectivity index is 1.76. The first-order chi connectivity index (χ1) is 8.24. The molecule has 3 nitrogen and oxygen atoms in total. The molecule has 0 atom stereocenters. The van der Waals surface area contributed by atoms with Crippen molar-refractivity contribution < 1.29 is 0 Å². The van der Waals surface area contributed by atoms with Crippen LogP contribution in [0, 0.1) is 5.92 Å². The number of benzene rings is 1. The number of nitrogens with zero attached hydrogens (tertiary/aromatic N) is 1. The highest BCUT2D eigenvalue weighted by Crippen LogP contribution is 2.24. The summed E-state index contributed by atoms with van der Waals surface area (Å²) < 4.78 is 0. The molecule has 1 fully saturated rings. The quantitative estimate of drug-likeness (QED) is 0.638. The minimum Gasteiger partial charge on any atom is -0.370 e. The summed E-state index contributed by atoms with van der Waals surface area (Å²) in [5, 5.41) is 3.91. The Hall–Kier alpha value is -1.22. The van der Waals surface area contributed by atoms with Crippen molar-refractivity contribution in [2.45, 2.75) is 25.8 Å². The van der Waals surface area contributed by atoms with E-state index in [0.29, 0.717) is 12.5 Å². The maximum absolute atomic E-state index is 5.81. The third-order valence-corrected chi connectivity index (χ3v) is 3.39. The van der Waals surface area contributed by atoms with Crippen LogP contribution in [0.3, 0.4) is 0 Å². The second-order valence-corrected chi connectivity index (χ2v) is 4.94. The summed E-state index contributed by atoms with van der Waals surface area (Å²) in [5.74, 6) is 1.33. The van der Waals surface area contributed by atoms with Gasteiger partial charge in [-0.25, -0.2) is 4.99 Å². The van der Waals surface area contributed by atoms with Gasteiger partial charge in [-0.3, -0.25) is 0 Å². The Morgan fingerprint density at radius 2 is 2.06 bits per heavy atom. The number of halogens is 1. The Kier molecular flexibility index (Phi) is 4.26. The van der Waals surface area contributed by atoms with E-state index in [2.05, 4.69) is 10.3 Å². The minimum atomic E-state index is 0.534. The first-order valence-corrected chi connectivity index (χ1v) is 6.40. The summed E-state index contributed by atoms with van der Waals surface area (Å²) in [6, 6.07) is 7.66. The van der Waals surface area contributed by atoms with Crippen molar-refractivity contribution in [1.82, 2.24) is 5.32 Å². The highest BCUT2D eigenvalue weighted by atomic mass is 35.5. The van der Waals surface area contributed by atoms with Gasteiger partial charge in [-0.1, -0.05) is 30.2 Å². The van der Waals surface area contributed by atoms with Gasteiger partial charge in [0.25, 0.3) is 0 Å². The molecule has 0 saturated heterocycles. The van der Waals surface area contributed by atoms with Crippen molar-refractivity contribution in [3.8, 4) is 0 Å². The van der Waals surface area contributed by atoms with Crippen LogP contribution in [0.1, 0.15) is 24.8 Å². The van der Waals surface area contributed by atoms with Gasteiger partial charge in [0.05, 0.1) is 6.54 Å². The monoisotopic (exact) mass is 251 g/mol. The fourth-order valence-electron chi connectivity index (χ4n) is 1.77. The van der Waals surface area contributed by atoms with E-state index in [-0.39, 0.29) is 0 Å². The maximum Gasteiger partial charge on any atom is 0.188 e. The second kappa shape index (κ2) is 5.92. The first kappa shape index (κ1) is 12.2. The van der Waals surface area contributed by atoms with Gasteiger partial charge in [-0.2, -0.15) is 0 Å². The highest BCUT2D eigenvalue weighted by Gasteiger charge is 2.16. The zero-order valence-corrected chi connectivity index (χ0v) is 10.6. The van der Waals surface area contributed by atoms with Gasteiger partial charge >= 0.3 is 0 Å². The van der Waals surface area contributed by atoms with E-state index >= 15 is 0 Å². The van der Waals surface area contributed by atoms with Gasteiger partial charge in [0.15, 0.2) is 5.96 Å². The molecular weight excluding hydrogens is 234 g/mol. The standard InChI is InChI=1S/C13H18ClN3/c14-12-6-4-11(5-7-12)9-17-13(15)16-8-10-2-1-3-10/h4-7,10H,1-3,8-9H2,(H3,15,16,17). The molecule has 0 spiro atoms. The second-order valence-electron chi connectivity index (χ2n) is 4.51. The van der Waals surface area contributed by atoms with Crippen molar-refractivity contribution in [2.75, 3.05) is 6.54 Å². The smallest absolute Gasteiger partial charge is 0.188 e. The van der Waals surface area contributed by atoms with Crippen LogP contribution < -0.4 is 11.1 Å². The van der Waals surface area contributed by atoms with Crippen molar-refractivity contribution in [3.63, 3.8) is 0 Å². The summed E-state index contributed by atoms with van der Waals surface area (Å²) in [6.07, 6.45) is 3.99. The van der Waals surface area contributed by atoms with E-state index in [1.165, 1.54) is 19.3 Å². The molecule has 0 radical (unpaired) electrons. The Labute approximate surface area is 107 Å². The molecule has 17 heavy (non-hydrogen) atoms.